The second kappa shape index (κ2) is 5.47. The van der Waals surface area contributed by atoms with E-state index in [0.717, 1.165) is 22.5 Å². The second-order valence-electron chi connectivity index (χ2n) is 4.73. The molecule has 0 saturated heterocycles. The lowest BCUT2D eigenvalue weighted by Crippen LogP contribution is -2.03. The molecule has 1 N–H and O–H groups in total. The summed E-state index contributed by atoms with van der Waals surface area (Å²) in [6.45, 7) is 3.83. The SMILES string of the molecule is COc1cc(-c2c(C)nn(C)c2C)cc(C(=O)O)c1OC. The number of rotatable bonds is 4. The predicted octanol–water partition coefficient (Wildman–Crippen LogP) is 2.42. The maximum atomic E-state index is 11.5. The van der Waals surface area contributed by atoms with E-state index in [1.165, 1.54) is 14.2 Å². The summed E-state index contributed by atoms with van der Waals surface area (Å²) in [6, 6.07) is 3.35. The molecule has 1 heterocycles. The summed E-state index contributed by atoms with van der Waals surface area (Å²) in [4.78, 5) is 11.5. The molecule has 0 fully saturated rings. The van der Waals surface area contributed by atoms with Crippen LogP contribution in [0.2, 0.25) is 0 Å². The van der Waals surface area contributed by atoms with Gasteiger partial charge in [0, 0.05) is 18.3 Å². The third kappa shape index (κ3) is 2.44. The van der Waals surface area contributed by atoms with Gasteiger partial charge in [0.05, 0.1) is 19.9 Å². The van der Waals surface area contributed by atoms with Crippen molar-refractivity contribution in [2.24, 2.45) is 7.05 Å². The number of ether oxygens (including phenoxy) is 2. The van der Waals surface area contributed by atoms with Gasteiger partial charge in [0.25, 0.3) is 0 Å². The van der Waals surface area contributed by atoms with Crippen LogP contribution >= 0.6 is 0 Å². The lowest BCUT2D eigenvalue weighted by Gasteiger charge is -2.13. The molecule has 0 amide bonds. The van der Waals surface area contributed by atoms with Gasteiger partial charge in [-0.2, -0.15) is 5.10 Å². The number of aromatic nitrogens is 2. The fourth-order valence-electron chi connectivity index (χ4n) is 2.46. The van der Waals surface area contributed by atoms with Crippen LogP contribution in [0.5, 0.6) is 11.5 Å². The van der Waals surface area contributed by atoms with Crippen LogP contribution in [0.4, 0.5) is 0 Å². The van der Waals surface area contributed by atoms with E-state index in [1.807, 2.05) is 20.9 Å². The lowest BCUT2D eigenvalue weighted by molar-refractivity contribution is 0.0692. The lowest BCUT2D eigenvalue weighted by atomic mass is 10.00. The molecule has 0 saturated carbocycles. The average molecular weight is 290 g/mol. The van der Waals surface area contributed by atoms with Gasteiger partial charge in [0.15, 0.2) is 11.5 Å². The molecule has 2 rings (SSSR count). The summed E-state index contributed by atoms with van der Waals surface area (Å²) in [5, 5.41) is 13.7. The van der Waals surface area contributed by atoms with Crippen LogP contribution in [0.1, 0.15) is 21.7 Å². The Balaban J connectivity index is 2.76. The Bertz CT molecular complexity index is 704. The van der Waals surface area contributed by atoms with Crippen molar-refractivity contribution in [1.82, 2.24) is 9.78 Å². The van der Waals surface area contributed by atoms with Crippen molar-refractivity contribution in [3.8, 4) is 22.6 Å². The van der Waals surface area contributed by atoms with E-state index in [0.29, 0.717) is 5.75 Å². The van der Waals surface area contributed by atoms with Crippen molar-refractivity contribution in [2.75, 3.05) is 14.2 Å². The molecule has 6 nitrogen and oxygen atoms in total. The molecule has 1 aromatic carbocycles. The number of carboxylic acids is 1. The van der Waals surface area contributed by atoms with Crippen LogP contribution in [0.15, 0.2) is 12.1 Å². The fourth-order valence-corrected chi connectivity index (χ4v) is 2.46. The van der Waals surface area contributed by atoms with Gasteiger partial charge in [-0.15, -0.1) is 0 Å². The molecule has 0 atom stereocenters. The van der Waals surface area contributed by atoms with E-state index in [9.17, 15) is 9.90 Å². The van der Waals surface area contributed by atoms with Crippen molar-refractivity contribution in [1.29, 1.82) is 0 Å². The molecule has 21 heavy (non-hydrogen) atoms. The Morgan fingerprint density at radius 2 is 1.90 bits per heavy atom. The number of aromatic carboxylic acids is 1. The van der Waals surface area contributed by atoms with Gasteiger partial charge in [-0.1, -0.05) is 0 Å². The minimum atomic E-state index is -1.06. The summed E-state index contributed by atoms with van der Waals surface area (Å²) in [5.74, 6) is -0.464. The van der Waals surface area contributed by atoms with Gasteiger partial charge in [-0.25, -0.2) is 4.79 Å². The van der Waals surface area contributed by atoms with Crippen LogP contribution in [-0.4, -0.2) is 35.1 Å². The molecule has 0 radical (unpaired) electrons. The molecule has 0 unspecified atom stereocenters. The van der Waals surface area contributed by atoms with Crippen LogP contribution < -0.4 is 9.47 Å². The normalized spacial score (nSPS) is 10.5. The van der Waals surface area contributed by atoms with Crippen molar-refractivity contribution < 1.29 is 19.4 Å². The topological polar surface area (TPSA) is 73.6 Å². The summed E-state index contributed by atoms with van der Waals surface area (Å²) in [5.41, 5.74) is 3.50. The molecular weight excluding hydrogens is 272 g/mol. The van der Waals surface area contributed by atoms with Crippen molar-refractivity contribution in [3.63, 3.8) is 0 Å². The minimum absolute atomic E-state index is 0.0644. The zero-order chi connectivity index (χ0) is 15.7. The van der Waals surface area contributed by atoms with Gasteiger partial charge in [-0.05, 0) is 31.5 Å². The first-order valence-corrected chi connectivity index (χ1v) is 6.40. The molecule has 0 spiro atoms. The highest BCUT2D eigenvalue weighted by molar-refractivity contribution is 5.94. The quantitative estimate of drug-likeness (QED) is 0.936. The third-order valence-corrected chi connectivity index (χ3v) is 3.51. The maximum absolute atomic E-state index is 11.5. The van der Waals surface area contributed by atoms with E-state index >= 15 is 0 Å². The first-order valence-electron chi connectivity index (χ1n) is 6.40. The summed E-state index contributed by atoms with van der Waals surface area (Å²) < 4.78 is 12.2. The van der Waals surface area contributed by atoms with E-state index in [2.05, 4.69) is 5.10 Å². The molecule has 0 aliphatic carbocycles. The van der Waals surface area contributed by atoms with Crippen LogP contribution in [0.3, 0.4) is 0 Å². The van der Waals surface area contributed by atoms with Crippen molar-refractivity contribution in [3.05, 3.63) is 29.1 Å². The van der Waals surface area contributed by atoms with Crippen LogP contribution in [0, 0.1) is 13.8 Å². The predicted molar refractivity (Wildman–Crippen MR) is 78.2 cm³/mol. The number of carboxylic acid groups (broad SMARTS) is 1. The molecule has 1 aromatic heterocycles. The maximum Gasteiger partial charge on any atom is 0.339 e. The number of hydrogen-bond acceptors (Lipinski definition) is 4. The fraction of sp³-hybridized carbons (Fsp3) is 0.333. The molecular formula is C15H18N2O4. The van der Waals surface area contributed by atoms with Gasteiger partial charge < -0.3 is 14.6 Å². The zero-order valence-corrected chi connectivity index (χ0v) is 12.7. The van der Waals surface area contributed by atoms with E-state index in [4.69, 9.17) is 9.47 Å². The minimum Gasteiger partial charge on any atom is -0.493 e. The number of aryl methyl sites for hydroxylation is 2. The van der Waals surface area contributed by atoms with Crippen LogP contribution in [-0.2, 0) is 7.05 Å². The highest BCUT2D eigenvalue weighted by Gasteiger charge is 2.21. The number of nitrogens with zero attached hydrogens (tertiary/aromatic N) is 2. The van der Waals surface area contributed by atoms with Crippen molar-refractivity contribution in [2.45, 2.75) is 13.8 Å². The van der Waals surface area contributed by atoms with Crippen LogP contribution in [0.25, 0.3) is 11.1 Å². The Morgan fingerprint density at radius 3 is 2.33 bits per heavy atom. The Morgan fingerprint density at radius 1 is 1.24 bits per heavy atom. The molecule has 2 aromatic rings. The summed E-state index contributed by atoms with van der Waals surface area (Å²) in [6.07, 6.45) is 0. The van der Waals surface area contributed by atoms with Gasteiger partial charge >= 0.3 is 5.97 Å². The highest BCUT2D eigenvalue weighted by atomic mass is 16.5. The smallest absolute Gasteiger partial charge is 0.339 e. The van der Waals surface area contributed by atoms with E-state index < -0.39 is 5.97 Å². The molecule has 0 bridgehead atoms. The number of methoxy groups -OCH3 is 2. The monoisotopic (exact) mass is 290 g/mol. The van der Waals surface area contributed by atoms with E-state index in [1.54, 1.807) is 16.8 Å². The number of hydrogen-bond donors (Lipinski definition) is 1. The Labute approximate surface area is 122 Å². The molecule has 0 aliphatic rings. The first kappa shape index (κ1) is 14.9. The molecule has 0 aliphatic heterocycles. The number of carbonyl (C=O) groups is 1. The van der Waals surface area contributed by atoms with Gasteiger partial charge in [0.1, 0.15) is 5.56 Å². The molecule has 6 heteroatoms. The standard InChI is InChI=1S/C15H18N2O4/c1-8-13(9(2)17(3)16-8)10-6-11(15(18)19)14(21-5)12(7-10)20-4/h6-7H,1-5H3,(H,18,19). The van der Waals surface area contributed by atoms with Gasteiger partial charge in [0.2, 0.25) is 0 Å². The average Bonchev–Trinajstić information content (AvgIpc) is 2.70. The molecule has 112 valence electrons. The first-order chi connectivity index (χ1) is 9.90. The van der Waals surface area contributed by atoms with E-state index in [-0.39, 0.29) is 11.3 Å². The van der Waals surface area contributed by atoms with Crippen molar-refractivity contribution >= 4 is 5.97 Å². The summed E-state index contributed by atoms with van der Waals surface area (Å²) >= 11 is 0. The number of benzene rings is 1. The Kier molecular flexibility index (Phi) is 3.88. The Hall–Kier alpha value is -2.50. The van der Waals surface area contributed by atoms with Gasteiger partial charge in [-0.3, -0.25) is 4.68 Å². The highest BCUT2D eigenvalue weighted by Crippen LogP contribution is 2.38. The second-order valence-corrected chi connectivity index (χ2v) is 4.73. The largest absolute Gasteiger partial charge is 0.493 e. The summed E-state index contributed by atoms with van der Waals surface area (Å²) in [7, 11) is 4.76. The zero-order valence-electron chi connectivity index (χ0n) is 12.7. The third-order valence-electron chi connectivity index (χ3n) is 3.51.